The Kier molecular flexibility index (Phi) is 9.58. The predicted octanol–water partition coefficient (Wildman–Crippen LogP) is 5.51. The van der Waals surface area contributed by atoms with Gasteiger partial charge in [0.15, 0.2) is 0 Å². The number of amides is 1. The highest BCUT2D eigenvalue weighted by atomic mass is 79.9. The van der Waals surface area contributed by atoms with E-state index < -0.39 is 45.4 Å². The van der Waals surface area contributed by atoms with Crippen molar-refractivity contribution in [3.05, 3.63) is 58.6 Å². The summed E-state index contributed by atoms with van der Waals surface area (Å²) in [6.07, 6.45) is 4.63. The summed E-state index contributed by atoms with van der Waals surface area (Å²) in [4.78, 5) is 24.0. The van der Waals surface area contributed by atoms with Gasteiger partial charge in [-0.25, -0.2) is 17.2 Å². The van der Waals surface area contributed by atoms with Gasteiger partial charge in [0.2, 0.25) is 5.91 Å². The van der Waals surface area contributed by atoms with Gasteiger partial charge in [0.05, 0.1) is 16.5 Å². The molecule has 3 aliphatic rings. The number of methoxy groups -OCH3 is 1. The van der Waals surface area contributed by atoms with Gasteiger partial charge in [-0.15, -0.1) is 0 Å². The number of fused-ring (bicyclic) bond motifs is 2. The van der Waals surface area contributed by atoms with Crippen molar-refractivity contribution < 1.29 is 31.6 Å². The number of carbonyl (C=O) groups excluding carboxylic acids is 1. The summed E-state index contributed by atoms with van der Waals surface area (Å²) in [6, 6.07) is 10.9. The molecule has 8 nitrogen and oxygen atoms in total. The van der Waals surface area contributed by atoms with Gasteiger partial charge in [0.25, 0.3) is 15.9 Å². The Morgan fingerprint density at radius 3 is 2.31 bits per heavy atom. The highest BCUT2D eigenvalue weighted by Gasteiger charge is 2.57. The maximum atomic E-state index is 17.0. The maximum Gasteiger partial charge on any atom is 0.287 e. The molecule has 230 valence electrons. The van der Waals surface area contributed by atoms with Crippen molar-refractivity contribution in [1.82, 2.24) is 9.79 Å². The molecular formula is C30H38BrF2N3O5S. The van der Waals surface area contributed by atoms with E-state index in [9.17, 15) is 13.2 Å². The van der Waals surface area contributed by atoms with Crippen LogP contribution in [-0.2, 0) is 25.6 Å². The molecule has 4 atom stereocenters. The van der Waals surface area contributed by atoms with Gasteiger partial charge < -0.3 is 15.4 Å². The Morgan fingerprint density at radius 1 is 1.05 bits per heavy atom. The van der Waals surface area contributed by atoms with E-state index in [-0.39, 0.29) is 28.8 Å². The van der Waals surface area contributed by atoms with Crippen LogP contribution >= 0.6 is 15.9 Å². The third kappa shape index (κ3) is 6.38. The maximum absolute atomic E-state index is 17.0. The second-order valence-corrected chi connectivity index (χ2v) is 14.2. The first-order chi connectivity index (χ1) is 20.0. The zero-order valence-electron chi connectivity index (χ0n) is 23.6. The van der Waals surface area contributed by atoms with Gasteiger partial charge in [-0.3, -0.25) is 9.63 Å². The summed E-state index contributed by atoms with van der Waals surface area (Å²) >= 11 is 3.32. The Morgan fingerprint density at radius 2 is 1.69 bits per heavy atom. The van der Waals surface area contributed by atoms with Gasteiger partial charge in [-0.05, 0) is 84.6 Å². The van der Waals surface area contributed by atoms with Gasteiger partial charge in [-0.1, -0.05) is 48.4 Å². The lowest BCUT2D eigenvalue weighted by Crippen LogP contribution is -2.58. The average Bonchev–Trinajstić information content (AvgIpc) is 3.26. The highest BCUT2D eigenvalue weighted by Crippen LogP contribution is 2.48. The van der Waals surface area contributed by atoms with E-state index in [4.69, 9.17) is 15.3 Å². The number of nitrogens with zero attached hydrogens (tertiary/aromatic N) is 1. The van der Waals surface area contributed by atoms with Crippen molar-refractivity contribution >= 4 is 31.9 Å². The highest BCUT2D eigenvalue weighted by molar-refractivity contribution is 9.10. The zero-order valence-corrected chi connectivity index (χ0v) is 26.0. The minimum Gasteiger partial charge on any atom is -0.496 e. The lowest BCUT2D eigenvalue weighted by molar-refractivity contribution is -0.186. The van der Waals surface area contributed by atoms with E-state index in [1.807, 2.05) is 0 Å². The Hall–Kier alpha value is -2.12. The molecule has 1 saturated carbocycles. The zero-order chi connectivity index (χ0) is 30.1. The number of halogens is 3. The van der Waals surface area contributed by atoms with Crippen molar-refractivity contribution in [3.63, 3.8) is 0 Å². The molecule has 42 heavy (non-hydrogen) atoms. The number of piperidine rings is 1. The van der Waals surface area contributed by atoms with Crippen molar-refractivity contribution in [2.45, 2.75) is 92.8 Å². The quantitative estimate of drug-likeness (QED) is 0.323. The molecule has 2 aromatic carbocycles. The van der Waals surface area contributed by atoms with Gasteiger partial charge in [-0.2, -0.15) is 0 Å². The normalized spacial score (nSPS) is 24.8. The Balaban J connectivity index is 1.57. The number of carbonyl (C=O) groups is 1. The SMILES string of the molecule is COc1cc(C(F)(F)[C@@H](C(=O)N2[C@@H]3CC[C@@H]2CC(N)C3)C(ONS(=O)(=O)c2ccccc2)C2CCCCC2)ccc1Br. The van der Waals surface area contributed by atoms with E-state index in [0.717, 1.165) is 19.3 Å². The number of hydrogen-bond donors (Lipinski definition) is 2. The molecule has 2 aliphatic heterocycles. The fourth-order valence-corrected chi connectivity index (χ4v) is 8.21. The molecule has 2 saturated heterocycles. The lowest BCUT2D eigenvalue weighted by atomic mass is 9.76. The molecule has 0 radical (unpaired) electrons. The van der Waals surface area contributed by atoms with Crippen molar-refractivity contribution in [1.29, 1.82) is 0 Å². The molecule has 3 N–H and O–H groups in total. The van der Waals surface area contributed by atoms with Crippen LogP contribution in [0, 0.1) is 11.8 Å². The smallest absolute Gasteiger partial charge is 0.287 e. The first-order valence-corrected chi connectivity index (χ1v) is 16.8. The number of rotatable bonds is 10. The van der Waals surface area contributed by atoms with Gasteiger partial charge in [0.1, 0.15) is 17.8 Å². The summed E-state index contributed by atoms with van der Waals surface area (Å²) in [5, 5.41) is 0. The summed E-state index contributed by atoms with van der Waals surface area (Å²) in [7, 11) is -2.83. The monoisotopic (exact) mass is 669 g/mol. The first kappa shape index (κ1) is 31.3. The van der Waals surface area contributed by atoms with Gasteiger partial charge in [0, 0.05) is 23.7 Å². The predicted molar refractivity (Wildman–Crippen MR) is 157 cm³/mol. The van der Waals surface area contributed by atoms with E-state index >= 15 is 8.78 Å². The number of ether oxygens (including phenoxy) is 1. The molecule has 0 aromatic heterocycles. The van der Waals surface area contributed by atoms with Gasteiger partial charge >= 0.3 is 0 Å². The molecule has 12 heteroatoms. The van der Waals surface area contributed by atoms with E-state index in [1.54, 1.807) is 23.1 Å². The third-order valence-electron chi connectivity index (χ3n) is 9.01. The standard InChI is InChI=1S/C30H38BrF2N3O5S/c1-40-26-16-20(12-15-25(26)31)30(32,33)27(29(37)36-22-13-14-23(36)18-21(34)17-22)28(19-8-4-2-5-9-19)41-35-42(38,39)24-10-6-3-7-11-24/h3,6-7,10-12,15-16,19,21-23,27-28,35H,2,4-5,8-9,13-14,17-18,34H2,1H3/t22-,23-,27-,28?/m1/s1. The van der Waals surface area contributed by atoms with Crippen LogP contribution in [0.25, 0.3) is 0 Å². The summed E-state index contributed by atoms with van der Waals surface area (Å²) in [5.41, 5.74) is 5.83. The van der Waals surface area contributed by atoms with E-state index in [1.165, 1.54) is 37.4 Å². The van der Waals surface area contributed by atoms with Crippen LogP contribution in [0.2, 0.25) is 0 Å². The van der Waals surface area contributed by atoms with Crippen molar-refractivity contribution in [2.75, 3.05) is 7.11 Å². The van der Waals surface area contributed by atoms with Crippen LogP contribution in [0.5, 0.6) is 5.75 Å². The minimum absolute atomic E-state index is 0.0669. The van der Waals surface area contributed by atoms with E-state index in [0.29, 0.717) is 43.0 Å². The number of nitrogens with one attached hydrogen (secondary N) is 1. The number of alkyl halides is 2. The summed E-state index contributed by atoms with van der Waals surface area (Å²) < 4.78 is 66.0. The molecule has 0 spiro atoms. The summed E-state index contributed by atoms with van der Waals surface area (Å²) in [6.45, 7) is 0. The Labute approximate surface area is 254 Å². The molecular weight excluding hydrogens is 632 g/mol. The average molecular weight is 671 g/mol. The first-order valence-electron chi connectivity index (χ1n) is 14.5. The van der Waals surface area contributed by atoms with Crippen LogP contribution in [0.15, 0.2) is 57.9 Å². The fraction of sp³-hybridized carbons (Fsp3) is 0.567. The molecule has 2 aromatic rings. The molecule has 2 bridgehead atoms. The number of hydrogen-bond acceptors (Lipinski definition) is 6. The lowest BCUT2D eigenvalue weighted by Gasteiger charge is -2.44. The molecule has 1 aliphatic carbocycles. The third-order valence-corrected chi connectivity index (χ3v) is 10.9. The minimum atomic E-state index is -4.21. The van der Waals surface area contributed by atoms with Crippen LogP contribution in [0.3, 0.4) is 0 Å². The van der Waals surface area contributed by atoms with Crippen molar-refractivity contribution in [3.8, 4) is 5.75 Å². The number of benzene rings is 2. The van der Waals surface area contributed by atoms with Crippen LogP contribution in [0.4, 0.5) is 8.78 Å². The van der Waals surface area contributed by atoms with Crippen molar-refractivity contribution in [2.24, 2.45) is 17.6 Å². The fourth-order valence-electron chi connectivity index (χ4n) is 6.95. The molecule has 2 heterocycles. The Bertz CT molecular complexity index is 1350. The molecule has 1 amide bonds. The second-order valence-electron chi connectivity index (χ2n) is 11.7. The van der Waals surface area contributed by atoms with Crippen LogP contribution < -0.4 is 15.4 Å². The van der Waals surface area contributed by atoms with E-state index in [2.05, 4.69) is 20.8 Å². The van der Waals surface area contributed by atoms with Crippen LogP contribution in [0.1, 0.15) is 63.4 Å². The molecule has 1 unspecified atom stereocenters. The number of sulfonamides is 1. The largest absolute Gasteiger partial charge is 0.496 e. The second kappa shape index (κ2) is 12.9. The molecule has 5 rings (SSSR count). The van der Waals surface area contributed by atoms with Crippen LogP contribution in [-0.4, -0.2) is 50.6 Å². The molecule has 3 fully saturated rings. The topological polar surface area (TPSA) is 111 Å². The summed E-state index contributed by atoms with van der Waals surface area (Å²) in [5.74, 6) is -6.69. The number of nitrogens with two attached hydrogens (primary N) is 1.